The Bertz CT molecular complexity index is 463. The highest BCUT2D eigenvalue weighted by Gasteiger charge is 2.30. The number of methoxy groups -OCH3 is 1. The van der Waals surface area contributed by atoms with Crippen molar-refractivity contribution >= 4 is 33.7 Å². The average molecular weight is 357 g/mol. The number of thioether (sulfide) groups is 1. The summed E-state index contributed by atoms with van der Waals surface area (Å²) in [6.07, 6.45) is -4.36. The molecule has 19 heavy (non-hydrogen) atoms. The van der Waals surface area contributed by atoms with Gasteiger partial charge in [-0.25, -0.2) is 0 Å². The van der Waals surface area contributed by atoms with Crippen LogP contribution in [0.4, 0.5) is 13.2 Å². The van der Waals surface area contributed by atoms with E-state index in [1.165, 1.54) is 24.9 Å². The third kappa shape index (κ3) is 4.72. The van der Waals surface area contributed by atoms with Gasteiger partial charge in [0.1, 0.15) is 0 Å². The molecule has 1 rings (SSSR count). The van der Waals surface area contributed by atoms with Crippen molar-refractivity contribution in [3.63, 3.8) is 0 Å². The first kappa shape index (κ1) is 16.4. The topological polar surface area (TPSA) is 26.3 Å². The van der Waals surface area contributed by atoms with Gasteiger partial charge >= 0.3 is 12.1 Å². The molecule has 1 unspecified atom stereocenters. The number of alkyl halides is 3. The van der Waals surface area contributed by atoms with E-state index in [0.29, 0.717) is 15.1 Å². The number of halogens is 4. The molecular formula is C12H12BrF3O2S. The van der Waals surface area contributed by atoms with Gasteiger partial charge < -0.3 is 4.74 Å². The number of carbonyl (C=O) groups excluding carboxylic acids is 1. The molecule has 0 bridgehead atoms. The number of rotatable bonds is 4. The summed E-state index contributed by atoms with van der Waals surface area (Å²) < 4.78 is 42.4. The lowest BCUT2D eigenvalue weighted by atomic mass is 10.2. The van der Waals surface area contributed by atoms with Crippen molar-refractivity contribution in [3.05, 3.63) is 28.2 Å². The van der Waals surface area contributed by atoms with Crippen LogP contribution >= 0.6 is 27.7 Å². The minimum Gasteiger partial charge on any atom is -0.469 e. The molecule has 1 atom stereocenters. The van der Waals surface area contributed by atoms with Crippen LogP contribution in [0, 0.1) is 5.92 Å². The van der Waals surface area contributed by atoms with Crippen molar-refractivity contribution in [3.8, 4) is 0 Å². The fourth-order valence-electron chi connectivity index (χ4n) is 1.28. The second-order valence-electron chi connectivity index (χ2n) is 3.88. The van der Waals surface area contributed by atoms with Gasteiger partial charge in [0.25, 0.3) is 0 Å². The Morgan fingerprint density at radius 3 is 2.58 bits per heavy atom. The molecule has 0 aliphatic heterocycles. The van der Waals surface area contributed by atoms with Crippen molar-refractivity contribution in [1.29, 1.82) is 0 Å². The minimum absolute atomic E-state index is 0.316. The summed E-state index contributed by atoms with van der Waals surface area (Å²) in [6, 6.07) is 3.45. The highest BCUT2D eigenvalue weighted by atomic mass is 79.9. The maximum absolute atomic E-state index is 12.5. The van der Waals surface area contributed by atoms with Crippen LogP contribution in [0.5, 0.6) is 0 Å². The number of hydrogen-bond donors (Lipinski definition) is 0. The second-order valence-corrected chi connectivity index (χ2v) is 5.79. The highest BCUT2D eigenvalue weighted by molar-refractivity contribution is 9.10. The Morgan fingerprint density at radius 2 is 2.11 bits per heavy atom. The lowest BCUT2D eigenvalue weighted by Crippen LogP contribution is -2.14. The summed E-state index contributed by atoms with van der Waals surface area (Å²) in [5.41, 5.74) is -0.704. The Balaban J connectivity index is 2.73. The molecule has 0 fully saturated rings. The van der Waals surface area contributed by atoms with Gasteiger partial charge in [0.15, 0.2) is 0 Å². The van der Waals surface area contributed by atoms with E-state index >= 15 is 0 Å². The Labute approximate surface area is 121 Å². The maximum Gasteiger partial charge on any atom is 0.416 e. The summed E-state index contributed by atoms with van der Waals surface area (Å²) in [6.45, 7) is 1.71. The van der Waals surface area contributed by atoms with Crippen molar-refractivity contribution < 1.29 is 22.7 Å². The molecule has 7 heteroatoms. The molecule has 0 spiro atoms. The van der Waals surface area contributed by atoms with Gasteiger partial charge in [-0.15, -0.1) is 11.8 Å². The van der Waals surface area contributed by atoms with Crippen LogP contribution in [0.2, 0.25) is 0 Å². The number of benzene rings is 1. The summed E-state index contributed by atoms with van der Waals surface area (Å²) in [5, 5.41) is 0. The molecule has 106 valence electrons. The maximum atomic E-state index is 12.5. The lowest BCUT2D eigenvalue weighted by molar-refractivity contribution is -0.144. The fourth-order valence-corrected chi connectivity index (χ4v) is 2.93. The SMILES string of the molecule is COC(=O)C(C)CSc1ccc(C(F)(F)F)cc1Br. The molecule has 0 N–H and O–H groups in total. The first-order chi connectivity index (χ1) is 8.75. The van der Waals surface area contributed by atoms with Crippen LogP contribution in [0.3, 0.4) is 0 Å². The van der Waals surface area contributed by atoms with Gasteiger partial charge in [-0.1, -0.05) is 6.92 Å². The van der Waals surface area contributed by atoms with Crippen LogP contribution in [-0.2, 0) is 15.7 Å². The van der Waals surface area contributed by atoms with Gasteiger partial charge in [-0.3, -0.25) is 4.79 Å². The molecule has 0 amide bonds. The molecule has 1 aromatic rings. The van der Waals surface area contributed by atoms with Gasteiger partial charge in [0, 0.05) is 15.1 Å². The van der Waals surface area contributed by atoms with E-state index in [2.05, 4.69) is 20.7 Å². The number of carbonyl (C=O) groups is 1. The van der Waals surface area contributed by atoms with Crippen LogP contribution in [0.1, 0.15) is 12.5 Å². The third-order valence-corrected chi connectivity index (χ3v) is 4.60. The normalized spacial score (nSPS) is 13.2. The van der Waals surface area contributed by atoms with Crippen LogP contribution in [0.15, 0.2) is 27.6 Å². The van der Waals surface area contributed by atoms with Crippen molar-refractivity contribution in [2.75, 3.05) is 12.9 Å². The van der Waals surface area contributed by atoms with E-state index in [4.69, 9.17) is 0 Å². The first-order valence-corrected chi connectivity index (χ1v) is 7.11. The largest absolute Gasteiger partial charge is 0.469 e. The van der Waals surface area contributed by atoms with E-state index in [0.717, 1.165) is 12.1 Å². The van der Waals surface area contributed by atoms with E-state index in [9.17, 15) is 18.0 Å². The molecule has 0 aliphatic rings. The van der Waals surface area contributed by atoms with E-state index in [-0.39, 0.29) is 11.9 Å². The molecule has 0 heterocycles. The van der Waals surface area contributed by atoms with Gasteiger partial charge in [-0.2, -0.15) is 13.2 Å². The molecule has 0 aromatic heterocycles. The Hall–Kier alpha value is -0.690. The lowest BCUT2D eigenvalue weighted by Gasteiger charge is -2.12. The molecule has 1 aromatic carbocycles. The summed E-state index contributed by atoms with van der Waals surface area (Å²) in [5.74, 6) is -0.212. The molecular weight excluding hydrogens is 345 g/mol. The molecule has 0 saturated carbocycles. The molecule has 2 nitrogen and oxygen atoms in total. The monoisotopic (exact) mass is 356 g/mol. The van der Waals surface area contributed by atoms with E-state index in [1.807, 2.05) is 0 Å². The predicted molar refractivity (Wildman–Crippen MR) is 71.0 cm³/mol. The first-order valence-electron chi connectivity index (χ1n) is 5.33. The minimum atomic E-state index is -4.36. The van der Waals surface area contributed by atoms with Crippen molar-refractivity contribution in [2.45, 2.75) is 18.0 Å². The van der Waals surface area contributed by atoms with E-state index < -0.39 is 11.7 Å². The van der Waals surface area contributed by atoms with Gasteiger partial charge in [0.2, 0.25) is 0 Å². The van der Waals surface area contributed by atoms with Crippen LogP contribution < -0.4 is 0 Å². The van der Waals surface area contributed by atoms with Crippen LogP contribution in [0.25, 0.3) is 0 Å². The molecule has 0 saturated heterocycles. The molecule has 0 radical (unpaired) electrons. The van der Waals surface area contributed by atoms with Crippen LogP contribution in [-0.4, -0.2) is 18.8 Å². The number of esters is 1. The van der Waals surface area contributed by atoms with Crippen molar-refractivity contribution in [2.24, 2.45) is 5.92 Å². The Kier molecular flexibility index (Phi) is 5.73. The van der Waals surface area contributed by atoms with E-state index in [1.54, 1.807) is 6.92 Å². The van der Waals surface area contributed by atoms with Gasteiger partial charge in [-0.05, 0) is 34.1 Å². The zero-order valence-electron chi connectivity index (χ0n) is 10.3. The standard InChI is InChI=1S/C12H12BrF3O2S/c1-7(11(17)18-2)6-19-10-4-3-8(5-9(10)13)12(14,15)16/h3-5,7H,6H2,1-2H3. The zero-order valence-corrected chi connectivity index (χ0v) is 12.7. The highest BCUT2D eigenvalue weighted by Crippen LogP contribution is 2.35. The second kappa shape index (κ2) is 6.65. The fraction of sp³-hybridized carbons (Fsp3) is 0.417. The average Bonchev–Trinajstić information content (AvgIpc) is 2.34. The quantitative estimate of drug-likeness (QED) is 0.591. The predicted octanol–water partition coefficient (Wildman–Crippen LogP) is 4.37. The Morgan fingerprint density at radius 1 is 1.47 bits per heavy atom. The summed E-state index contributed by atoms with van der Waals surface area (Å²) in [7, 11) is 1.30. The summed E-state index contributed by atoms with van der Waals surface area (Å²) >= 11 is 4.41. The number of ether oxygens (including phenoxy) is 1. The molecule has 0 aliphatic carbocycles. The zero-order chi connectivity index (χ0) is 14.6. The number of hydrogen-bond acceptors (Lipinski definition) is 3. The van der Waals surface area contributed by atoms with Crippen molar-refractivity contribution in [1.82, 2.24) is 0 Å². The van der Waals surface area contributed by atoms with Gasteiger partial charge in [0.05, 0.1) is 18.6 Å². The third-order valence-electron chi connectivity index (χ3n) is 2.35. The smallest absolute Gasteiger partial charge is 0.416 e. The summed E-state index contributed by atoms with van der Waals surface area (Å²) in [4.78, 5) is 11.9.